The Labute approximate surface area is 126 Å². The topological polar surface area (TPSA) is 78.4 Å². The predicted molar refractivity (Wildman–Crippen MR) is 81.0 cm³/mol. The first-order chi connectivity index (χ1) is 10.1. The van der Waals surface area contributed by atoms with Crippen molar-refractivity contribution in [3.63, 3.8) is 0 Å². The van der Waals surface area contributed by atoms with Crippen LogP contribution in [0, 0.1) is 11.3 Å². The van der Waals surface area contributed by atoms with Crippen LogP contribution in [-0.2, 0) is 9.59 Å². The average Bonchev–Trinajstić information content (AvgIpc) is 2.53. The van der Waals surface area contributed by atoms with Gasteiger partial charge in [-0.3, -0.25) is 4.79 Å². The lowest BCUT2D eigenvalue weighted by atomic mass is 9.76. The normalized spacial score (nSPS) is 28.8. The first-order valence-corrected chi connectivity index (χ1v) is 8.33. The zero-order chi connectivity index (χ0) is 15.3. The number of carboxylic acid groups (broad SMARTS) is 1. The number of aliphatic carboxylic acids is 1. The molecule has 2 aliphatic rings. The van der Waals surface area contributed by atoms with Crippen LogP contribution in [0.5, 0.6) is 0 Å². The summed E-state index contributed by atoms with van der Waals surface area (Å²) >= 11 is 0. The summed E-state index contributed by atoms with van der Waals surface area (Å²) in [4.78, 5) is 24.3. The lowest BCUT2D eigenvalue weighted by molar-refractivity contribution is -0.146. The Kier molecular flexibility index (Phi) is 5.62. The van der Waals surface area contributed by atoms with Crippen LogP contribution >= 0.6 is 0 Å². The molecule has 1 heterocycles. The highest BCUT2D eigenvalue weighted by molar-refractivity contribution is 5.87. The number of rotatable bonds is 5. The molecule has 0 bridgehead atoms. The van der Waals surface area contributed by atoms with Gasteiger partial charge in [0.2, 0.25) is 5.91 Å². The number of carboxylic acids is 1. The van der Waals surface area contributed by atoms with Crippen LogP contribution in [0.1, 0.15) is 58.3 Å². The summed E-state index contributed by atoms with van der Waals surface area (Å²) in [6, 6.07) is -0.719. The molecule has 5 nitrogen and oxygen atoms in total. The summed E-state index contributed by atoms with van der Waals surface area (Å²) in [5, 5.41) is 15.6. The molecule has 21 heavy (non-hydrogen) atoms. The molecule has 0 aromatic rings. The van der Waals surface area contributed by atoms with Gasteiger partial charge in [-0.1, -0.05) is 26.2 Å². The van der Waals surface area contributed by atoms with E-state index in [0.29, 0.717) is 6.54 Å². The van der Waals surface area contributed by atoms with E-state index in [9.17, 15) is 14.7 Å². The van der Waals surface area contributed by atoms with Gasteiger partial charge in [0.05, 0.1) is 5.41 Å². The van der Waals surface area contributed by atoms with Crippen LogP contribution in [0.25, 0.3) is 0 Å². The minimum Gasteiger partial charge on any atom is -0.480 e. The Morgan fingerprint density at radius 3 is 2.52 bits per heavy atom. The molecule has 1 saturated heterocycles. The molecule has 1 aliphatic carbocycles. The van der Waals surface area contributed by atoms with Gasteiger partial charge in [0, 0.05) is 6.54 Å². The molecule has 2 fully saturated rings. The van der Waals surface area contributed by atoms with E-state index in [1.165, 1.54) is 6.42 Å². The van der Waals surface area contributed by atoms with Gasteiger partial charge in [-0.2, -0.15) is 0 Å². The van der Waals surface area contributed by atoms with Crippen LogP contribution in [0.2, 0.25) is 0 Å². The first-order valence-electron chi connectivity index (χ1n) is 8.33. The van der Waals surface area contributed by atoms with E-state index < -0.39 is 17.4 Å². The van der Waals surface area contributed by atoms with Crippen LogP contribution in [0.15, 0.2) is 0 Å². The van der Waals surface area contributed by atoms with Gasteiger partial charge in [0.25, 0.3) is 0 Å². The maximum absolute atomic E-state index is 12.7. The second-order valence-electron chi connectivity index (χ2n) is 6.60. The molecule has 2 rings (SSSR count). The average molecular weight is 296 g/mol. The Balaban J connectivity index is 2.04. The second kappa shape index (κ2) is 7.25. The number of carbonyl (C=O) groups excluding carboxylic acids is 1. The molecular weight excluding hydrogens is 268 g/mol. The van der Waals surface area contributed by atoms with Gasteiger partial charge in [-0.25, -0.2) is 4.79 Å². The monoisotopic (exact) mass is 296 g/mol. The van der Waals surface area contributed by atoms with E-state index in [4.69, 9.17) is 0 Å². The van der Waals surface area contributed by atoms with Crippen molar-refractivity contribution in [1.29, 1.82) is 0 Å². The molecule has 1 saturated carbocycles. The van der Waals surface area contributed by atoms with Crippen molar-refractivity contribution in [2.75, 3.05) is 13.1 Å². The summed E-state index contributed by atoms with van der Waals surface area (Å²) < 4.78 is 0. The van der Waals surface area contributed by atoms with Gasteiger partial charge in [0.15, 0.2) is 0 Å². The van der Waals surface area contributed by atoms with E-state index in [1.807, 2.05) is 6.92 Å². The van der Waals surface area contributed by atoms with Crippen LogP contribution in [0.3, 0.4) is 0 Å². The summed E-state index contributed by atoms with van der Waals surface area (Å²) in [6.07, 6.45) is 7.73. The number of carbonyl (C=O) groups is 2. The van der Waals surface area contributed by atoms with Crippen LogP contribution < -0.4 is 10.6 Å². The van der Waals surface area contributed by atoms with Gasteiger partial charge < -0.3 is 15.7 Å². The highest BCUT2D eigenvalue weighted by Gasteiger charge is 2.41. The van der Waals surface area contributed by atoms with Gasteiger partial charge in [0.1, 0.15) is 6.04 Å². The summed E-state index contributed by atoms with van der Waals surface area (Å²) in [6.45, 7) is 3.62. The van der Waals surface area contributed by atoms with Crippen molar-refractivity contribution in [1.82, 2.24) is 10.6 Å². The fraction of sp³-hybridized carbons (Fsp3) is 0.875. The standard InChI is InChI=1S/C16H28N2O3/c1-2-16(9-6-10-17-11-16)15(21)18-13(14(19)20)12-7-4-3-5-8-12/h12-13,17H,2-11H2,1H3,(H,18,21)(H,19,20). The molecule has 0 spiro atoms. The van der Waals surface area contributed by atoms with Crippen molar-refractivity contribution in [2.24, 2.45) is 11.3 Å². The van der Waals surface area contributed by atoms with Crippen LogP contribution in [-0.4, -0.2) is 36.1 Å². The minimum atomic E-state index is -0.884. The Morgan fingerprint density at radius 2 is 2.00 bits per heavy atom. The van der Waals surface area contributed by atoms with Gasteiger partial charge >= 0.3 is 5.97 Å². The van der Waals surface area contributed by atoms with Gasteiger partial charge in [-0.05, 0) is 44.6 Å². The summed E-state index contributed by atoms with van der Waals surface area (Å²) in [5.74, 6) is -0.869. The van der Waals surface area contributed by atoms with E-state index in [0.717, 1.165) is 51.5 Å². The molecule has 2 unspecified atom stereocenters. The number of piperidine rings is 1. The van der Waals surface area contributed by atoms with E-state index >= 15 is 0 Å². The number of amides is 1. The maximum atomic E-state index is 12.7. The third-order valence-electron chi connectivity index (χ3n) is 5.30. The highest BCUT2D eigenvalue weighted by Crippen LogP contribution is 2.32. The fourth-order valence-corrected chi connectivity index (χ4v) is 3.77. The van der Waals surface area contributed by atoms with Crippen molar-refractivity contribution >= 4 is 11.9 Å². The molecule has 3 N–H and O–H groups in total. The Morgan fingerprint density at radius 1 is 1.29 bits per heavy atom. The summed E-state index contributed by atoms with van der Waals surface area (Å²) in [5.41, 5.74) is -0.430. The van der Waals surface area contributed by atoms with Crippen molar-refractivity contribution in [2.45, 2.75) is 64.3 Å². The third kappa shape index (κ3) is 3.76. The molecule has 0 radical (unpaired) electrons. The quantitative estimate of drug-likeness (QED) is 0.724. The molecule has 0 aromatic heterocycles. The van der Waals surface area contributed by atoms with Crippen molar-refractivity contribution in [3.05, 3.63) is 0 Å². The van der Waals surface area contributed by atoms with E-state index in [-0.39, 0.29) is 11.8 Å². The van der Waals surface area contributed by atoms with E-state index in [1.54, 1.807) is 0 Å². The SMILES string of the molecule is CCC1(C(=O)NC(C(=O)O)C2CCCCC2)CCCNC1. The lowest BCUT2D eigenvalue weighted by Gasteiger charge is -2.37. The smallest absolute Gasteiger partial charge is 0.326 e. The number of hydrogen-bond acceptors (Lipinski definition) is 3. The molecule has 1 aliphatic heterocycles. The largest absolute Gasteiger partial charge is 0.480 e. The minimum absolute atomic E-state index is 0.0739. The molecule has 0 aromatic carbocycles. The number of nitrogens with one attached hydrogen (secondary N) is 2. The number of hydrogen-bond donors (Lipinski definition) is 3. The summed E-state index contributed by atoms with van der Waals surface area (Å²) in [7, 11) is 0. The zero-order valence-electron chi connectivity index (χ0n) is 13.0. The Hall–Kier alpha value is -1.10. The zero-order valence-corrected chi connectivity index (χ0v) is 13.0. The predicted octanol–water partition coefficient (Wildman–Crippen LogP) is 1.92. The Bertz CT molecular complexity index is 372. The van der Waals surface area contributed by atoms with Crippen LogP contribution in [0.4, 0.5) is 0 Å². The maximum Gasteiger partial charge on any atom is 0.326 e. The van der Waals surface area contributed by atoms with Crippen molar-refractivity contribution < 1.29 is 14.7 Å². The first kappa shape index (κ1) is 16.3. The van der Waals surface area contributed by atoms with E-state index in [2.05, 4.69) is 10.6 Å². The fourth-order valence-electron chi connectivity index (χ4n) is 3.77. The van der Waals surface area contributed by atoms with Crippen molar-refractivity contribution in [3.8, 4) is 0 Å². The second-order valence-corrected chi connectivity index (χ2v) is 6.60. The molecule has 5 heteroatoms. The highest BCUT2D eigenvalue weighted by atomic mass is 16.4. The molecular formula is C16H28N2O3. The molecule has 120 valence electrons. The third-order valence-corrected chi connectivity index (χ3v) is 5.30. The lowest BCUT2D eigenvalue weighted by Crippen LogP contribution is -2.55. The molecule has 1 amide bonds. The molecule has 2 atom stereocenters. The van der Waals surface area contributed by atoms with Gasteiger partial charge in [-0.15, -0.1) is 0 Å².